The van der Waals surface area contributed by atoms with Gasteiger partial charge in [-0.05, 0) is 30.3 Å². The van der Waals surface area contributed by atoms with E-state index < -0.39 is 0 Å². The van der Waals surface area contributed by atoms with Crippen LogP contribution in [-0.2, 0) is 0 Å². The molecule has 3 rings (SSSR count). The molecule has 0 unspecified atom stereocenters. The molecule has 0 bridgehead atoms. The second-order valence-electron chi connectivity index (χ2n) is 4.36. The standard InChI is InChI=1S/C16H13N3O2/c20-16(15-7-4-10-21-15)18-17-11-13-8-9-19(12-13)14-5-2-1-3-6-14/h1-12H,(H,18,20)/b17-11+. The quantitative estimate of drug-likeness (QED) is 0.589. The SMILES string of the molecule is O=C(N/N=C/c1ccn(-c2ccccc2)c1)c1ccco1. The molecule has 0 atom stereocenters. The van der Waals surface area contributed by atoms with Crippen molar-refractivity contribution in [1.82, 2.24) is 9.99 Å². The molecule has 0 saturated carbocycles. The van der Waals surface area contributed by atoms with Crippen molar-refractivity contribution in [2.24, 2.45) is 5.10 Å². The fourth-order valence-corrected chi connectivity index (χ4v) is 1.88. The van der Waals surface area contributed by atoms with E-state index in [9.17, 15) is 4.79 Å². The minimum absolute atomic E-state index is 0.231. The van der Waals surface area contributed by atoms with Crippen LogP contribution >= 0.6 is 0 Å². The minimum atomic E-state index is -0.376. The van der Waals surface area contributed by atoms with Gasteiger partial charge < -0.3 is 8.98 Å². The van der Waals surface area contributed by atoms with E-state index in [2.05, 4.69) is 10.5 Å². The van der Waals surface area contributed by atoms with Crippen LogP contribution in [0.4, 0.5) is 0 Å². The minimum Gasteiger partial charge on any atom is -0.459 e. The molecule has 0 aliphatic carbocycles. The first kappa shape index (κ1) is 12.9. The molecular weight excluding hydrogens is 266 g/mol. The predicted octanol–water partition coefficient (Wildman–Crippen LogP) is 2.83. The number of benzene rings is 1. The van der Waals surface area contributed by atoms with Crippen LogP contribution in [0, 0.1) is 0 Å². The van der Waals surface area contributed by atoms with E-state index in [1.165, 1.54) is 6.26 Å². The lowest BCUT2D eigenvalue weighted by atomic mass is 10.3. The van der Waals surface area contributed by atoms with Gasteiger partial charge in [-0.2, -0.15) is 5.10 Å². The second kappa shape index (κ2) is 5.92. The monoisotopic (exact) mass is 279 g/mol. The molecule has 1 N–H and O–H groups in total. The molecule has 0 radical (unpaired) electrons. The first-order chi connectivity index (χ1) is 10.3. The third-order valence-electron chi connectivity index (χ3n) is 2.89. The summed E-state index contributed by atoms with van der Waals surface area (Å²) in [7, 11) is 0. The average Bonchev–Trinajstić information content (AvgIpc) is 3.20. The van der Waals surface area contributed by atoms with Crippen LogP contribution < -0.4 is 5.43 Å². The highest BCUT2D eigenvalue weighted by molar-refractivity contribution is 5.92. The molecule has 2 aromatic heterocycles. The van der Waals surface area contributed by atoms with Crippen molar-refractivity contribution in [1.29, 1.82) is 0 Å². The number of aromatic nitrogens is 1. The number of nitrogens with zero attached hydrogens (tertiary/aromatic N) is 2. The van der Waals surface area contributed by atoms with E-state index in [1.54, 1.807) is 18.3 Å². The Morgan fingerprint density at radius 1 is 1.14 bits per heavy atom. The van der Waals surface area contributed by atoms with E-state index in [-0.39, 0.29) is 11.7 Å². The molecule has 3 aromatic rings. The first-order valence-corrected chi connectivity index (χ1v) is 6.43. The van der Waals surface area contributed by atoms with Gasteiger partial charge in [-0.15, -0.1) is 0 Å². The molecule has 0 fully saturated rings. The fourth-order valence-electron chi connectivity index (χ4n) is 1.88. The largest absolute Gasteiger partial charge is 0.459 e. The van der Waals surface area contributed by atoms with Crippen molar-refractivity contribution < 1.29 is 9.21 Å². The van der Waals surface area contributed by atoms with Crippen LogP contribution in [0.3, 0.4) is 0 Å². The Morgan fingerprint density at radius 2 is 2.00 bits per heavy atom. The lowest BCUT2D eigenvalue weighted by Crippen LogP contribution is -2.16. The van der Waals surface area contributed by atoms with Crippen molar-refractivity contribution in [2.45, 2.75) is 0 Å². The molecule has 0 aliphatic heterocycles. The van der Waals surface area contributed by atoms with Crippen LogP contribution in [-0.4, -0.2) is 16.7 Å². The van der Waals surface area contributed by atoms with Gasteiger partial charge in [-0.25, -0.2) is 5.43 Å². The van der Waals surface area contributed by atoms with Gasteiger partial charge in [0.25, 0.3) is 0 Å². The van der Waals surface area contributed by atoms with Gasteiger partial charge >= 0.3 is 5.91 Å². The summed E-state index contributed by atoms with van der Waals surface area (Å²) in [6.07, 6.45) is 6.89. The smallest absolute Gasteiger partial charge is 0.307 e. The van der Waals surface area contributed by atoms with Crippen LogP contribution in [0.5, 0.6) is 0 Å². The third-order valence-corrected chi connectivity index (χ3v) is 2.89. The number of furan rings is 1. The van der Waals surface area contributed by atoms with Gasteiger partial charge in [-0.1, -0.05) is 18.2 Å². The third kappa shape index (κ3) is 3.09. The van der Waals surface area contributed by atoms with Crippen molar-refractivity contribution in [3.05, 3.63) is 78.5 Å². The van der Waals surface area contributed by atoms with Gasteiger partial charge in [0.15, 0.2) is 5.76 Å². The van der Waals surface area contributed by atoms with Gasteiger partial charge in [0, 0.05) is 23.6 Å². The van der Waals surface area contributed by atoms with E-state index in [4.69, 9.17) is 4.42 Å². The zero-order chi connectivity index (χ0) is 14.5. The number of carbonyl (C=O) groups is 1. The van der Waals surface area contributed by atoms with E-state index in [1.807, 2.05) is 53.4 Å². The Balaban J connectivity index is 1.65. The van der Waals surface area contributed by atoms with Crippen molar-refractivity contribution in [2.75, 3.05) is 0 Å². The Hall–Kier alpha value is -3.08. The summed E-state index contributed by atoms with van der Waals surface area (Å²) >= 11 is 0. The van der Waals surface area contributed by atoms with Crippen molar-refractivity contribution in [3.8, 4) is 5.69 Å². The topological polar surface area (TPSA) is 59.5 Å². The maximum absolute atomic E-state index is 11.6. The number of para-hydroxylation sites is 1. The molecule has 5 nitrogen and oxygen atoms in total. The predicted molar refractivity (Wildman–Crippen MR) is 79.5 cm³/mol. The fraction of sp³-hybridized carbons (Fsp3) is 0. The van der Waals surface area contributed by atoms with Gasteiger partial charge in [0.05, 0.1) is 12.5 Å². The zero-order valence-corrected chi connectivity index (χ0v) is 11.1. The van der Waals surface area contributed by atoms with Crippen molar-refractivity contribution in [3.63, 3.8) is 0 Å². The summed E-state index contributed by atoms with van der Waals surface area (Å²) in [6, 6.07) is 15.1. The second-order valence-corrected chi connectivity index (χ2v) is 4.36. The summed E-state index contributed by atoms with van der Waals surface area (Å²) in [5, 5.41) is 3.91. The van der Waals surface area contributed by atoms with E-state index >= 15 is 0 Å². The summed E-state index contributed by atoms with van der Waals surface area (Å²) in [5.41, 5.74) is 4.36. The summed E-state index contributed by atoms with van der Waals surface area (Å²) in [6.45, 7) is 0. The summed E-state index contributed by atoms with van der Waals surface area (Å²) in [5.74, 6) is -0.146. The zero-order valence-electron chi connectivity index (χ0n) is 11.1. The van der Waals surface area contributed by atoms with E-state index in [0.29, 0.717) is 0 Å². The number of hydrogen-bond donors (Lipinski definition) is 1. The number of nitrogens with one attached hydrogen (secondary N) is 1. The molecule has 1 aromatic carbocycles. The lowest BCUT2D eigenvalue weighted by Gasteiger charge is -2.00. The Kier molecular flexibility index (Phi) is 3.64. The summed E-state index contributed by atoms with van der Waals surface area (Å²) < 4.78 is 6.95. The molecule has 0 saturated heterocycles. The Labute approximate surface area is 121 Å². The maximum atomic E-state index is 11.6. The molecule has 2 heterocycles. The molecule has 0 aliphatic rings. The van der Waals surface area contributed by atoms with Gasteiger partial charge in [0.2, 0.25) is 0 Å². The highest BCUT2D eigenvalue weighted by Crippen LogP contribution is 2.09. The van der Waals surface area contributed by atoms with Crippen LogP contribution in [0.25, 0.3) is 5.69 Å². The van der Waals surface area contributed by atoms with Crippen LogP contribution in [0.1, 0.15) is 16.1 Å². The van der Waals surface area contributed by atoms with Crippen LogP contribution in [0.2, 0.25) is 0 Å². The van der Waals surface area contributed by atoms with E-state index in [0.717, 1.165) is 11.3 Å². The number of carbonyl (C=O) groups excluding carboxylic acids is 1. The van der Waals surface area contributed by atoms with Gasteiger partial charge in [0.1, 0.15) is 0 Å². The number of hydrogen-bond acceptors (Lipinski definition) is 3. The Bertz CT molecular complexity index is 743. The lowest BCUT2D eigenvalue weighted by molar-refractivity contribution is 0.0927. The van der Waals surface area contributed by atoms with Crippen LogP contribution in [0.15, 0.2) is 76.7 Å². The summed E-state index contributed by atoms with van der Waals surface area (Å²) in [4.78, 5) is 11.6. The Morgan fingerprint density at radius 3 is 2.76 bits per heavy atom. The highest BCUT2D eigenvalue weighted by atomic mass is 16.3. The maximum Gasteiger partial charge on any atom is 0.307 e. The number of amides is 1. The number of hydrazone groups is 1. The number of rotatable bonds is 4. The molecule has 1 amide bonds. The average molecular weight is 279 g/mol. The molecular formula is C16H13N3O2. The molecule has 104 valence electrons. The molecule has 0 spiro atoms. The first-order valence-electron chi connectivity index (χ1n) is 6.43. The highest BCUT2D eigenvalue weighted by Gasteiger charge is 2.05. The normalized spacial score (nSPS) is 10.9. The van der Waals surface area contributed by atoms with Gasteiger partial charge in [-0.3, -0.25) is 4.79 Å². The van der Waals surface area contributed by atoms with Crippen molar-refractivity contribution >= 4 is 12.1 Å². The molecule has 21 heavy (non-hydrogen) atoms. The molecule has 5 heteroatoms.